The van der Waals surface area contributed by atoms with Crippen molar-refractivity contribution in [3.05, 3.63) is 23.7 Å². The van der Waals surface area contributed by atoms with Crippen molar-refractivity contribution in [3.8, 4) is 0 Å². The highest BCUT2D eigenvalue weighted by Gasteiger charge is 2.57. The van der Waals surface area contributed by atoms with E-state index in [0.29, 0.717) is 11.2 Å². The molecule has 3 fully saturated rings. The molecule has 0 bridgehead atoms. The van der Waals surface area contributed by atoms with E-state index in [1.165, 1.54) is 19.3 Å². The maximum Gasteiger partial charge on any atom is 0.253 e. The van der Waals surface area contributed by atoms with Gasteiger partial charge in [-0.3, -0.25) is 4.79 Å². The number of rotatable bonds is 4. The number of fused-ring (bicyclic) bond motifs is 1. The summed E-state index contributed by atoms with van der Waals surface area (Å²) in [5, 5.41) is 3.22. The highest BCUT2D eigenvalue weighted by molar-refractivity contribution is 6.04. The molecule has 2 aromatic rings. The highest BCUT2D eigenvalue weighted by Crippen LogP contribution is 2.55. The molecule has 0 aromatic carbocycles. The number of carbonyl (C=O) groups excluding carboxylic acids is 1. The summed E-state index contributed by atoms with van der Waals surface area (Å²) in [5.74, 6) is 1.66. The number of amides is 1. The van der Waals surface area contributed by atoms with E-state index in [1.807, 2.05) is 0 Å². The number of aromatic amines is 1. The maximum absolute atomic E-state index is 12.8. The third-order valence-electron chi connectivity index (χ3n) is 6.38. The van der Waals surface area contributed by atoms with Gasteiger partial charge in [-0.15, -0.1) is 0 Å². The van der Waals surface area contributed by atoms with Crippen LogP contribution in [0.4, 0.5) is 0 Å². The van der Waals surface area contributed by atoms with Gasteiger partial charge in [0.05, 0.1) is 11.1 Å². The van der Waals surface area contributed by atoms with Gasteiger partial charge in [-0.05, 0) is 44.1 Å². The Hall–Kier alpha value is -1.95. The Bertz CT molecular complexity index is 805. The lowest BCUT2D eigenvalue weighted by Gasteiger charge is -2.60. The Morgan fingerprint density at radius 1 is 1.42 bits per heavy atom. The molecule has 3 aliphatic rings. The van der Waals surface area contributed by atoms with Gasteiger partial charge in [0.2, 0.25) is 0 Å². The second kappa shape index (κ2) is 5.02. The zero-order chi connectivity index (χ0) is 16.3. The van der Waals surface area contributed by atoms with Crippen LogP contribution in [0.15, 0.2) is 12.3 Å². The zero-order valence-corrected chi connectivity index (χ0v) is 13.7. The Morgan fingerprint density at radius 3 is 2.92 bits per heavy atom. The minimum Gasteiger partial charge on any atom is -0.349 e. The van der Waals surface area contributed by atoms with E-state index < -0.39 is 0 Å². The van der Waals surface area contributed by atoms with Gasteiger partial charge in [0.25, 0.3) is 5.91 Å². The predicted molar refractivity (Wildman–Crippen MR) is 90.4 cm³/mol. The van der Waals surface area contributed by atoms with Crippen LogP contribution in [0, 0.1) is 11.3 Å². The summed E-state index contributed by atoms with van der Waals surface area (Å²) >= 11 is 0. The van der Waals surface area contributed by atoms with E-state index in [1.54, 1.807) is 12.3 Å². The number of hydrogen-bond acceptors (Lipinski definition) is 4. The lowest BCUT2D eigenvalue weighted by atomic mass is 9.50. The van der Waals surface area contributed by atoms with Gasteiger partial charge in [-0.1, -0.05) is 6.42 Å². The van der Waals surface area contributed by atoms with Gasteiger partial charge in [0, 0.05) is 30.1 Å². The number of carbonyl (C=O) groups is 1. The second-order valence-electron chi connectivity index (χ2n) is 7.84. The minimum absolute atomic E-state index is 0.0350. The van der Waals surface area contributed by atoms with Gasteiger partial charge in [0.15, 0.2) is 5.65 Å². The first-order chi connectivity index (χ1) is 11.7. The third kappa shape index (κ3) is 2.09. The number of nitrogens with zero attached hydrogens (tertiary/aromatic N) is 2. The van der Waals surface area contributed by atoms with Crippen molar-refractivity contribution in [2.45, 2.75) is 57.0 Å². The first-order valence-electron chi connectivity index (χ1n) is 9.06. The number of H-pyrrole nitrogens is 1. The fourth-order valence-electron chi connectivity index (χ4n) is 4.40. The summed E-state index contributed by atoms with van der Waals surface area (Å²) in [6.07, 6.45) is 9.58. The first-order valence-corrected chi connectivity index (χ1v) is 9.06. The molecule has 3 aliphatic carbocycles. The normalized spacial score (nSPS) is 27.7. The Kier molecular flexibility index (Phi) is 3.01. The van der Waals surface area contributed by atoms with E-state index in [2.05, 4.69) is 20.3 Å². The number of aromatic nitrogens is 3. The molecule has 24 heavy (non-hydrogen) atoms. The fourth-order valence-corrected chi connectivity index (χ4v) is 4.40. The van der Waals surface area contributed by atoms with Crippen molar-refractivity contribution in [3.63, 3.8) is 0 Å². The largest absolute Gasteiger partial charge is 0.349 e. The molecule has 6 heteroatoms. The molecule has 6 nitrogen and oxygen atoms in total. The van der Waals surface area contributed by atoms with E-state index in [9.17, 15) is 4.79 Å². The van der Waals surface area contributed by atoms with Crippen molar-refractivity contribution in [2.24, 2.45) is 17.1 Å². The van der Waals surface area contributed by atoms with E-state index in [0.717, 1.165) is 42.9 Å². The molecule has 1 amide bonds. The highest BCUT2D eigenvalue weighted by atomic mass is 16.1. The summed E-state index contributed by atoms with van der Waals surface area (Å²) in [5.41, 5.74) is 8.40. The van der Waals surface area contributed by atoms with Crippen LogP contribution in [0.3, 0.4) is 0 Å². The Morgan fingerprint density at radius 2 is 2.25 bits per heavy atom. The summed E-state index contributed by atoms with van der Waals surface area (Å²) in [4.78, 5) is 25.0. The standard InChI is InChI=1S/C18H23N5O/c19-12-9-13(18(12)5-1-6-18)21-17(24)11-4-7-20-16-15(11)22-14(23-16)8-10-2-3-10/h4,7,10,12-13H,1-3,5-6,8-9,19H2,(H,21,24)(H,20,22,23). The fraction of sp³-hybridized carbons (Fsp3) is 0.611. The van der Waals surface area contributed by atoms with Crippen LogP contribution in [0.25, 0.3) is 11.2 Å². The van der Waals surface area contributed by atoms with Gasteiger partial charge in [0.1, 0.15) is 5.82 Å². The smallest absolute Gasteiger partial charge is 0.253 e. The molecule has 0 aliphatic heterocycles. The van der Waals surface area contributed by atoms with Crippen molar-refractivity contribution in [2.75, 3.05) is 0 Å². The van der Waals surface area contributed by atoms with Crippen molar-refractivity contribution >= 4 is 17.1 Å². The molecule has 2 unspecified atom stereocenters. The van der Waals surface area contributed by atoms with Crippen molar-refractivity contribution in [1.82, 2.24) is 20.3 Å². The molecular formula is C18H23N5O. The first kappa shape index (κ1) is 14.4. The van der Waals surface area contributed by atoms with Gasteiger partial charge < -0.3 is 16.0 Å². The lowest BCUT2D eigenvalue weighted by Crippen LogP contribution is -2.69. The van der Waals surface area contributed by atoms with E-state index in [4.69, 9.17) is 5.73 Å². The summed E-state index contributed by atoms with van der Waals surface area (Å²) in [6, 6.07) is 2.24. The Labute approximate surface area is 140 Å². The number of hydrogen-bond donors (Lipinski definition) is 3. The van der Waals surface area contributed by atoms with Gasteiger partial charge in [-0.25, -0.2) is 9.97 Å². The molecule has 2 heterocycles. The van der Waals surface area contributed by atoms with Crippen LogP contribution >= 0.6 is 0 Å². The van der Waals surface area contributed by atoms with E-state index in [-0.39, 0.29) is 23.4 Å². The predicted octanol–water partition coefficient (Wildman–Crippen LogP) is 1.91. The lowest BCUT2D eigenvalue weighted by molar-refractivity contribution is -0.0389. The van der Waals surface area contributed by atoms with Crippen LogP contribution in [-0.2, 0) is 6.42 Å². The second-order valence-corrected chi connectivity index (χ2v) is 7.84. The third-order valence-corrected chi connectivity index (χ3v) is 6.38. The molecule has 4 N–H and O–H groups in total. The zero-order valence-electron chi connectivity index (χ0n) is 13.7. The number of imidazole rings is 1. The molecule has 126 valence electrons. The molecular weight excluding hydrogens is 302 g/mol. The molecule has 0 radical (unpaired) electrons. The molecule has 2 atom stereocenters. The average Bonchev–Trinajstić information content (AvgIpc) is 3.21. The van der Waals surface area contributed by atoms with E-state index >= 15 is 0 Å². The van der Waals surface area contributed by atoms with Crippen molar-refractivity contribution in [1.29, 1.82) is 0 Å². The molecule has 1 spiro atoms. The quantitative estimate of drug-likeness (QED) is 0.800. The SMILES string of the molecule is NC1CC(NC(=O)c2ccnc3nc(CC4CC4)[nH]c23)C12CCC2. The number of nitrogens with one attached hydrogen (secondary N) is 2. The van der Waals surface area contributed by atoms with Crippen molar-refractivity contribution < 1.29 is 4.79 Å². The van der Waals surface area contributed by atoms with Crippen LogP contribution in [0.5, 0.6) is 0 Å². The van der Waals surface area contributed by atoms with Crippen LogP contribution in [0.1, 0.15) is 54.7 Å². The summed E-state index contributed by atoms with van der Waals surface area (Å²) in [6.45, 7) is 0. The van der Waals surface area contributed by atoms with Gasteiger partial charge in [-0.2, -0.15) is 0 Å². The van der Waals surface area contributed by atoms with Crippen LogP contribution in [0.2, 0.25) is 0 Å². The maximum atomic E-state index is 12.8. The summed E-state index contributed by atoms with van der Waals surface area (Å²) < 4.78 is 0. The molecule has 2 aromatic heterocycles. The molecule has 3 saturated carbocycles. The minimum atomic E-state index is -0.0350. The monoisotopic (exact) mass is 325 g/mol. The number of nitrogens with two attached hydrogens (primary N) is 1. The average molecular weight is 325 g/mol. The van der Waals surface area contributed by atoms with Gasteiger partial charge >= 0.3 is 0 Å². The summed E-state index contributed by atoms with van der Waals surface area (Å²) in [7, 11) is 0. The number of pyridine rings is 1. The van der Waals surface area contributed by atoms with Crippen LogP contribution in [-0.4, -0.2) is 32.9 Å². The Balaban J connectivity index is 1.39. The van der Waals surface area contributed by atoms with Crippen LogP contribution < -0.4 is 11.1 Å². The topological polar surface area (TPSA) is 96.7 Å². The molecule has 5 rings (SSSR count). The molecule has 0 saturated heterocycles.